The maximum atomic E-state index is 11.2. The minimum Gasteiger partial charge on any atom is -0.480 e. The molecule has 1 unspecified atom stereocenters. The number of aliphatic imine (C=N–C) groups is 1. The van der Waals surface area contributed by atoms with Crippen LogP contribution in [0.4, 0.5) is 0 Å². The Morgan fingerprint density at radius 1 is 1.22 bits per heavy atom. The number of carboxylic acid groups (broad SMARTS) is 1. The summed E-state index contributed by atoms with van der Waals surface area (Å²) in [4.78, 5) is 14.8. The molecule has 4 aliphatic heterocycles. The van der Waals surface area contributed by atoms with Gasteiger partial charge in [-0.05, 0) is 0 Å². The lowest BCUT2D eigenvalue weighted by Gasteiger charge is -2.72. The quantitative estimate of drug-likeness (QED) is 0.214. The molecule has 1 aliphatic carbocycles. The number of rotatable bonds is 3. The van der Waals surface area contributed by atoms with Crippen molar-refractivity contribution in [2.24, 2.45) is 22.4 Å². The second-order valence-electron chi connectivity index (χ2n) is 7.26. The van der Waals surface area contributed by atoms with Crippen LogP contribution in [0, 0.1) is 5.92 Å². The van der Waals surface area contributed by atoms with Gasteiger partial charge in [-0.2, -0.15) is 0 Å². The second-order valence-corrected chi connectivity index (χ2v) is 7.26. The molecule has 3 saturated heterocycles. The van der Waals surface area contributed by atoms with E-state index in [1.165, 1.54) is 0 Å². The van der Waals surface area contributed by atoms with Crippen LogP contribution in [0.25, 0.3) is 0 Å². The molecule has 0 aromatic carbocycles. The van der Waals surface area contributed by atoms with Crippen molar-refractivity contribution in [1.29, 1.82) is 0 Å². The number of ether oxygens (including phenoxy) is 2. The van der Waals surface area contributed by atoms with Gasteiger partial charge in [0, 0.05) is 0 Å². The summed E-state index contributed by atoms with van der Waals surface area (Å²) in [5.41, 5.74) is 6.36. The Morgan fingerprint density at radius 3 is 2.41 bits per heavy atom. The van der Waals surface area contributed by atoms with Crippen molar-refractivity contribution >= 4 is 11.9 Å². The molecule has 5 aliphatic rings. The van der Waals surface area contributed by atoms with Crippen molar-refractivity contribution in [1.82, 2.24) is 5.32 Å². The fourth-order valence-electron chi connectivity index (χ4n) is 4.76. The maximum Gasteiger partial charge on any atom is 0.323 e. The van der Waals surface area contributed by atoms with Crippen LogP contribution in [-0.2, 0) is 14.3 Å². The molecular formula is C13H20N4O10. The fraction of sp³-hybridized carbons (Fsp3) is 0.846. The molecule has 14 nitrogen and oxygen atoms in total. The Morgan fingerprint density at radius 2 is 1.81 bits per heavy atom. The van der Waals surface area contributed by atoms with Crippen LogP contribution < -0.4 is 16.8 Å². The highest BCUT2D eigenvalue weighted by molar-refractivity contribution is 5.80. The summed E-state index contributed by atoms with van der Waals surface area (Å²) in [5, 5.41) is 75.5. The number of carbonyl (C=O) groups is 1. The number of nitrogens with one attached hydrogen (secondary N) is 1. The highest BCUT2D eigenvalue weighted by Gasteiger charge is 2.84. The standard InChI is InChI=1S/C13H20N4O10/c14-2(8(21)22)3(18)12(24)5-1-7(20)16-10(15)17-11(1)4(19)6(12)27-13(25,26-5)9(11)23/h1-7,9,18-20,23-25H,14H2,(H,21,22)(H3,15,16,17)/t1-,2+,3-,4?,5-,6+,7-,9+,11-,12+,13+/m1/s1. The summed E-state index contributed by atoms with van der Waals surface area (Å²) in [5.74, 6) is -6.24. The van der Waals surface area contributed by atoms with Crippen LogP contribution in [-0.4, -0.2) is 108 Å². The van der Waals surface area contributed by atoms with E-state index in [0.29, 0.717) is 0 Å². The topological polar surface area (TPSA) is 254 Å². The predicted molar refractivity (Wildman–Crippen MR) is 80.3 cm³/mol. The van der Waals surface area contributed by atoms with Crippen molar-refractivity contribution in [3.05, 3.63) is 0 Å². The van der Waals surface area contributed by atoms with Crippen molar-refractivity contribution in [3.8, 4) is 0 Å². The predicted octanol–water partition coefficient (Wildman–Crippen LogP) is -6.74. The monoisotopic (exact) mass is 392 g/mol. The molecular weight excluding hydrogens is 372 g/mol. The van der Waals surface area contributed by atoms with Crippen molar-refractivity contribution < 1.29 is 50.0 Å². The van der Waals surface area contributed by atoms with Crippen LogP contribution in [0.3, 0.4) is 0 Å². The largest absolute Gasteiger partial charge is 0.480 e. The SMILES string of the molecule is NC1=N[C@H](O)[C@H]2[C@H]3O[C@]4(O)O[C@@H](C(O)[C@@]2(N1)[C@@H]4O)[C@]3(O)[C@H](O)[C@H](N)C(=O)O. The molecule has 4 heterocycles. The second kappa shape index (κ2) is 5.25. The fourth-order valence-corrected chi connectivity index (χ4v) is 4.76. The van der Waals surface area contributed by atoms with E-state index in [9.17, 15) is 35.4 Å². The first kappa shape index (κ1) is 18.7. The summed E-state index contributed by atoms with van der Waals surface area (Å²) < 4.78 is 10.3. The van der Waals surface area contributed by atoms with E-state index in [0.717, 1.165) is 0 Å². The Balaban J connectivity index is 1.89. The molecule has 5 rings (SSSR count). The molecule has 152 valence electrons. The van der Waals surface area contributed by atoms with Gasteiger partial charge >= 0.3 is 11.9 Å². The summed E-state index contributed by atoms with van der Waals surface area (Å²) >= 11 is 0. The van der Waals surface area contributed by atoms with Crippen LogP contribution in [0.2, 0.25) is 0 Å². The first-order chi connectivity index (χ1) is 12.4. The Labute approximate surface area is 150 Å². The normalized spacial score (nSPS) is 55.3. The number of aliphatic hydroxyl groups excluding tert-OH is 4. The minimum absolute atomic E-state index is 0.367. The zero-order valence-corrected chi connectivity index (χ0v) is 13.6. The van der Waals surface area contributed by atoms with Gasteiger partial charge in [0.15, 0.2) is 18.3 Å². The zero-order valence-electron chi connectivity index (χ0n) is 13.6. The summed E-state index contributed by atoms with van der Waals surface area (Å²) in [6.45, 7) is 0. The number of aliphatic hydroxyl groups is 6. The summed E-state index contributed by atoms with van der Waals surface area (Å²) in [6, 6.07) is -2.02. The first-order valence-electron chi connectivity index (χ1n) is 8.03. The summed E-state index contributed by atoms with van der Waals surface area (Å²) in [6.07, 6.45) is -11.5. The lowest BCUT2D eigenvalue weighted by atomic mass is 9.53. The van der Waals surface area contributed by atoms with E-state index in [4.69, 9.17) is 26.0 Å². The average Bonchev–Trinajstić information content (AvgIpc) is 2.58. The van der Waals surface area contributed by atoms with Gasteiger partial charge in [-0.15, -0.1) is 0 Å². The third-order valence-electron chi connectivity index (χ3n) is 5.99. The van der Waals surface area contributed by atoms with E-state index >= 15 is 0 Å². The highest BCUT2D eigenvalue weighted by atomic mass is 16.9. The Hall–Kier alpha value is -1.62. The smallest absolute Gasteiger partial charge is 0.323 e. The van der Waals surface area contributed by atoms with Gasteiger partial charge in [-0.3, -0.25) is 4.79 Å². The van der Waals surface area contributed by atoms with Crippen molar-refractivity contribution in [2.75, 3.05) is 0 Å². The van der Waals surface area contributed by atoms with Crippen molar-refractivity contribution in [2.45, 2.75) is 59.9 Å². The molecule has 14 heteroatoms. The first-order valence-corrected chi connectivity index (χ1v) is 8.03. The van der Waals surface area contributed by atoms with Gasteiger partial charge in [-0.1, -0.05) is 0 Å². The van der Waals surface area contributed by atoms with Gasteiger partial charge < -0.3 is 62.0 Å². The molecule has 27 heavy (non-hydrogen) atoms. The number of nitrogens with zero attached hydrogens (tertiary/aromatic N) is 1. The van der Waals surface area contributed by atoms with E-state index in [1.54, 1.807) is 0 Å². The minimum atomic E-state index is -2.74. The number of carboxylic acids is 1. The van der Waals surface area contributed by atoms with Crippen LogP contribution in [0.1, 0.15) is 0 Å². The third-order valence-corrected chi connectivity index (χ3v) is 5.99. The molecule has 0 amide bonds. The highest BCUT2D eigenvalue weighted by Crippen LogP contribution is 2.59. The van der Waals surface area contributed by atoms with Gasteiger partial charge in [0.1, 0.15) is 41.6 Å². The van der Waals surface area contributed by atoms with Gasteiger partial charge in [0.25, 0.3) is 0 Å². The van der Waals surface area contributed by atoms with Crippen molar-refractivity contribution in [3.63, 3.8) is 0 Å². The number of hydrogen-bond donors (Lipinski definition) is 10. The van der Waals surface area contributed by atoms with Crippen LogP contribution in [0.5, 0.6) is 0 Å². The molecule has 0 radical (unpaired) electrons. The Bertz CT molecular complexity index is 723. The number of guanidine groups is 1. The Kier molecular flexibility index (Phi) is 3.64. The average molecular weight is 392 g/mol. The molecule has 11 atom stereocenters. The number of aliphatic carboxylic acids is 1. The van der Waals surface area contributed by atoms with E-state index < -0.39 is 71.8 Å². The van der Waals surface area contributed by atoms with Gasteiger partial charge in [0.2, 0.25) is 0 Å². The number of nitrogens with two attached hydrogens (primary N) is 2. The van der Waals surface area contributed by atoms with E-state index in [2.05, 4.69) is 10.3 Å². The van der Waals surface area contributed by atoms with E-state index in [1.807, 2.05) is 0 Å². The molecule has 0 aromatic rings. The van der Waals surface area contributed by atoms with Gasteiger partial charge in [-0.25, -0.2) is 4.99 Å². The van der Waals surface area contributed by atoms with E-state index in [-0.39, 0.29) is 5.96 Å². The molecule has 4 fully saturated rings. The molecule has 12 N–H and O–H groups in total. The summed E-state index contributed by atoms with van der Waals surface area (Å²) in [7, 11) is 0. The lowest BCUT2D eigenvalue weighted by Crippen LogP contribution is -2.96. The van der Waals surface area contributed by atoms with Gasteiger partial charge in [0.05, 0.1) is 5.92 Å². The maximum absolute atomic E-state index is 11.2. The van der Waals surface area contributed by atoms with Crippen LogP contribution in [0.15, 0.2) is 4.99 Å². The number of hydrogen-bond acceptors (Lipinski definition) is 13. The molecule has 1 spiro atoms. The third kappa shape index (κ3) is 1.94. The van der Waals surface area contributed by atoms with Crippen LogP contribution >= 0.6 is 0 Å². The zero-order chi connectivity index (χ0) is 20.1. The lowest BCUT2D eigenvalue weighted by molar-refractivity contribution is -0.552. The molecule has 4 bridgehead atoms. The molecule has 0 aromatic heterocycles. The molecule has 1 saturated carbocycles.